The molecule has 8 heteroatoms. The van der Waals surface area contributed by atoms with Crippen molar-refractivity contribution >= 4 is 22.1 Å². The Kier molecular flexibility index (Phi) is 2.59. The topological polar surface area (TPSA) is 78.7 Å². The Bertz CT molecular complexity index is 1060. The number of aromatic nitrogens is 5. The number of benzene rings is 1. The Balaban J connectivity index is 1.78. The molecule has 0 bridgehead atoms. The summed E-state index contributed by atoms with van der Waals surface area (Å²) >= 11 is 0. The first-order chi connectivity index (χ1) is 10.6. The van der Waals surface area contributed by atoms with Gasteiger partial charge in [-0.25, -0.2) is 14.4 Å². The van der Waals surface area contributed by atoms with Crippen LogP contribution in [0.25, 0.3) is 22.1 Å². The van der Waals surface area contributed by atoms with Crippen LogP contribution in [0, 0.1) is 5.82 Å². The molecule has 22 heavy (non-hydrogen) atoms. The monoisotopic (exact) mass is 299 g/mol. The molecule has 4 rings (SSSR count). The van der Waals surface area contributed by atoms with Crippen molar-refractivity contribution in [2.75, 3.05) is 0 Å². The van der Waals surface area contributed by atoms with E-state index in [0.29, 0.717) is 28.0 Å². The van der Waals surface area contributed by atoms with Crippen LogP contribution in [0.3, 0.4) is 0 Å². The number of nitrogens with zero attached hydrogens (tertiary/aromatic N) is 5. The maximum absolute atomic E-state index is 13.2. The SMILES string of the molecule is Cn1ncc2c(=O)n(Cc3nc4cc(F)ccc4o3)cnc21. The smallest absolute Gasteiger partial charge is 0.264 e. The number of hydrogen-bond acceptors (Lipinski definition) is 5. The molecule has 0 unspecified atom stereocenters. The molecule has 0 N–H and O–H groups in total. The van der Waals surface area contributed by atoms with E-state index in [-0.39, 0.29) is 17.9 Å². The second-order valence-corrected chi connectivity index (χ2v) is 4.90. The summed E-state index contributed by atoms with van der Waals surface area (Å²) in [6.07, 6.45) is 2.89. The van der Waals surface area contributed by atoms with Gasteiger partial charge in [0.05, 0.1) is 6.20 Å². The minimum absolute atomic E-state index is 0.118. The van der Waals surface area contributed by atoms with Crippen LogP contribution in [0.1, 0.15) is 5.89 Å². The highest BCUT2D eigenvalue weighted by Gasteiger charge is 2.11. The number of rotatable bonds is 2. The summed E-state index contributed by atoms with van der Waals surface area (Å²) in [6.45, 7) is 0.118. The van der Waals surface area contributed by atoms with E-state index >= 15 is 0 Å². The van der Waals surface area contributed by atoms with Gasteiger partial charge < -0.3 is 4.42 Å². The van der Waals surface area contributed by atoms with Gasteiger partial charge in [0.1, 0.15) is 29.6 Å². The molecule has 4 aromatic rings. The highest BCUT2D eigenvalue weighted by Crippen LogP contribution is 2.17. The number of halogens is 1. The van der Waals surface area contributed by atoms with Gasteiger partial charge in [-0.15, -0.1) is 0 Å². The maximum Gasteiger partial charge on any atom is 0.264 e. The van der Waals surface area contributed by atoms with Gasteiger partial charge in [0.25, 0.3) is 5.56 Å². The molecular formula is C14H10FN5O2. The second kappa shape index (κ2) is 4.48. The zero-order valence-electron chi connectivity index (χ0n) is 11.5. The van der Waals surface area contributed by atoms with Gasteiger partial charge in [0.15, 0.2) is 11.2 Å². The van der Waals surface area contributed by atoms with Crippen LogP contribution >= 0.6 is 0 Å². The van der Waals surface area contributed by atoms with E-state index < -0.39 is 0 Å². The van der Waals surface area contributed by atoms with Crippen LogP contribution < -0.4 is 5.56 Å². The van der Waals surface area contributed by atoms with Crippen LogP contribution in [-0.4, -0.2) is 24.3 Å². The standard InChI is InChI=1S/C14H10FN5O2/c1-19-13-9(5-17-19)14(21)20(7-16-13)6-12-18-10-4-8(15)2-3-11(10)22-12/h2-5,7H,6H2,1H3. The summed E-state index contributed by atoms with van der Waals surface area (Å²) in [4.78, 5) is 20.7. The minimum Gasteiger partial charge on any atom is -0.439 e. The highest BCUT2D eigenvalue weighted by molar-refractivity contribution is 5.73. The van der Waals surface area contributed by atoms with E-state index in [4.69, 9.17) is 4.42 Å². The molecule has 0 aliphatic heterocycles. The molecule has 0 saturated carbocycles. The lowest BCUT2D eigenvalue weighted by molar-refractivity contribution is 0.503. The Morgan fingerprint density at radius 3 is 3.09 bits per heavy atom. The number of aryl methyl sites for hydroxylation is 1. The van der Waals surface area contributed by atoms with Gasteiger partial charge in [0, 0.05) is 13.1 Å². The number of oxazole rings is 1. The average molecular weight is 299 g/mol. The summed E-state index contributed by atoms with van der Waals surface area (Å²) in [5.74, 6) is -0.0734. The van der Waals surface area contributed by atoms with Gasteiger partial charge in [-0.3, -0.25) is 14.0 Å². The summed E-state index contributed by atoms with van der Waals surface area (Å²) in [6, 6.07) is 4.09. The van der Waals surface area contributed by atoms with Crippen molar-refractivity contribution in [3.05, 3.63) is 52.8 Å². The summed E-state index contributed by atoms with van der Waals surface area (Å²) in [5, 5.41) is 4.43. The van der Waals surface area contributed by atoms with Crippen LogP contribution in [-0.2, 0) is 13.6 Å². The maximum atomic E-state index is 13.2. The molecule has 0 saturated heterocycles. The van der Waals surface area contributed by atoms with Crippen molar-refractivity contribution in [2.45, 2.75) is 6.54 Å². The van der Waals surface area contributed by atoms with Crippen molar-refractivity contribution in [1.29, 1.82) is 0 Å². The third-order valence-electron chi connectivity index (χ3n) is 3.42. The summed E-state index contributed by atoms with van der Waals surface area (Å²) in [5.41, 5.74) is 1.17. The van der Waals surface area contributed by atoms with E-state index in [9.17, 15) is 9.18 Å². The molecule has 0 spiro atoms. The van der Waals surface area contributed by atoms with Gasteiger partial charge >= 0.3 is 0 Å². The number of hydrogen-bond donors (Lipinski definition) is 0. The largest absolute Gasteiger partial charge is 0.439 e. The van der Waals surface area contributed by atoms with E-state index in [1.807, 2.05) is 0 Å². The Morgan fingerprint density at radius 1 is 1.36 bits per heavy atom. The van der Waals surface area contributed by atoms with Crippen LogP contribution in [0.15, 0.2) is 39.9 Å². The van der Waals surface area contributed by atoms with Gasteiger partial charge in [-0.05, 0) is 12.1 Å². The molecule has 0 atom stereocenters. The van der Waals surface area contributed by atoms with E-state index in [2.05, 4.69) is 15.1 Å². The predicted molar refractivity (Wildman–Crippen MR) is 75.8 cm³/mol. The van der Waals surface area contributed by atoms with Crippen molar-refractivity contribution in [3.63, 3.8) is 0 Å². The molecule has 0 fully saturated rings. The normalized spacial score (nSPS) is 11.5. The molecule has 0 radical (unpaired) electrons. The second-order valence-electron chi connectivity index (χ2n) is 4.90. The number of fused-ring (bicyclic) bond motifs is 2. The molecule has 7 nitrogen and oxygen atoms in total. The van der Waals surface area contributed by atoms with Gasteiger partial charge in [-0.2, -0.15) is 5.10 Å². The fourth-order valence-electron chi connectivity index (χ4n) is 2.34. The Labute approximate surface area is 122 Å². The lowest BCUT2D eigenvalue weighted by Gasteiger charge is -2.01. The van der Waals surface area contributed by atoms with E-state index in [1.165, 1.54) is 40.0 Å². The quantitative estimate of drug-likeness (QED) is 0.560. The molecule has 0 aliphatic carbocycles. The van der Waals surface area contributed by atoms with Crippen molar-refractivity contribution in [3.8, 4) is 0 Å². The lowest BCUT2D eigenvalue weighted by Crippen LogP contribution is -2.21. The first-order valence-electron chi connectivity index (χ1n) is 6.54. The Hall–Kier alpha value is -3.03. The molecule has 3 heterocycles. The molecule has 3 aromatic heterocycles. The molecule has 0 aliphatic rings. The average Bonchev–Trinajstić information content (AvgIpc) is 3.05. The van der Waals surface area contributed by atoms with Crippen LogP contribution in [0.4, 0.5) is 4.39 Å². The summed E-state index contributed by atoms with van der Waals surface area (Å²) in [7, 11) is 1.72. The molecule has 0 amide bonds. The van der Waals surface area contributed by atoms with Crippen molar-refractivity contribution in [2.24, 2.45) is 7.05 Å². The van der Waals surface area contributed by atoms with E-state index in [1.54, 1.807) is 7.05 Å². The van der Waals surface area contributed by atoms with Crippen LogP contribution in [0.5, 0.6) is 0 Å². The van der Waals surface area contributed by atoms with Gasteiger partial charge in [-0.1, -0.05) is 0 Å². The molecular weight excluding hydrogens is 289 g/mol. The molecule has 110 valence electrons. The fourth-order valence-corrected chi connectivity index (χ4v) is 2.34. The minimum atomic E-state index is -0.386. The summed E-state index contributed by atoms with van der Waals surface area (Å²) < 4.78 is 21.6. The highest BCUT2D eigenvalue weighted by atomic mass is 19.1. The van der Waals surface area contributed by atoms with Crippen molar-refractivity contribution < 1.29 is 8.81 Å². The predicted octanol–water partition coefficient (Wildman–Crippen LogP) is 1.46. The lowest BCUT2D eigenvalue weighted by atomic mass is 10.3. The Morgan fingerprint density at radius 2 is 2.23 bits per heavy atom. The zero-order valence-corrected chi connectivity index (χ0v) is 11.5. The third-order valence-corrected chi connectivity index (χ3v) is 3.42. The van der Waals surface area contributed by atoms with Crippen molar-refractivity contribution in [1.82, 2.24) is 24.3 Å². The van der Waals surface area contributed by atoms with Gasteiger partial charge in [0.2, 0.25) is 5.89 Å². The van der Waals surface area contributed by atoms with E-state index in [0.717, 1.165) is 0 Å². The zero-order chi connectivity index (χ0) is 15.3. The first-order valence-corrected chi connectivity index (χ1v) is 6.54. The third kappa shape index (κ3) is 1.88. The first kappa shape index (κ1) is 12.7. The van der Waals surface area contributed by atoms with Crippen LogP contribution in [0.2, 0.25) is 0 Å². The fraction of sp³-hybridized carbons (Fsp3) is 0.143. The molecule has 1 aromatic carbocycles.